The van der Waals surface area contributed by atoms with E-state index in [0.717, 1.165) is 6.42 Å². The van der Waals surface area contributed by atoms with Crippen molar-refractivity contribution in [1.82, 2.24) is 0 Å². The predicted octanol–water partition coefficient (Wildman–Crippen LogP) is 2.60. The summed E-state index contributed by atoms with van der Waals surface area (Å²) in [5, 5.41) is 5.23. The summed E-state index contributed by atoms with van der Waals surface area (Å²) >= 11 is 0. The van der Waals surface area contributed by atoms with Crippen LogP contribution in [-0.4, -0.2) is 37.6 Å². The minimum absolute atomic E-state index is 0.231. The fraction of sp³-hybridized carbons (Fsp3) is 0.250. The zero-order chi connectivity index (χ0) is 19.9. The van der Waals surface area contributed by atoms with Crippen molar-refractivity contribution in [3.8, 4) is 11.5 Å². The summed E-state index contributed by atoms with van der Waals surface area (Å²) in [6.07, 6.45) is 0.787. The Bertz CT molecular complexity index is 896. The lowest BCUT2D eigenvalue weighted by Gasteiger charge is -2.11. The average molecular weight is 384 g/mol. The number of anilines is 2. The molecule has 8 nitrogen and oxygen atoms in total. The van der Waals surface area contributed by atoms with Crippen LogP contribution >= 0.6 is 0 Å². The minimum atomic E-state index is -0.666. The van der Waals surface area contributed by atoms with Crippen molar-refractivity contribution in [2.24, 2.45) is 0 Å². The number of ether oxygens (including phenoxy) is 3. The van der Waals surface area contributed by atoms with Crippen LogP contribution in [0, 0.1) is 0 Å². The van der Waals surface area contributed by atoms with Gasteiger partial charge in [-0.3, -0.25) is 9.59 Å². The zero-order valence-corrected chi connectivity index (χ0v) is 15.3. The number of hydrogen-bond acceptors (Lipinski definition) is 6. The smallest absolute Gasteiger partial charge is 0.338 e. The molecule has 1 aliphatic heterocycles. The Kier molecular flexibility index (Phi) is 6.11. The molecular formula is C20H20N2O6. The molecule has 0 aromatic heterocycles. The molecule has 1 heterocycles. The molecule has 0 saturated heterocycles. The van der Waals surface area contributed by atoms with E-state index in [-0.39, 0.29) is 11.5 Å². The van der Waals surface area contributed by atoms with E-state index in [1.807, 2.05) is 0 Å². The normalized spacial score (nSPS) is 12.5. The van der Waals surface area contributed by atoms with Gasteiger partial charge >= 0.3 is 5.97 Å². The van der Waals surface area contributed by atoms with Gasteiger partial charge in [0.05, 0.1) is 18.8 Å². The van der Waals surface area contributed by atoms with Gasteiger partial charge in [0.1, 0.15) is 0 Å². The Hall–Kier alpha value is -3.55. The fourth-order valence-corrected chi connectivity index (χ4v) is 2.58. The van der Waals surface area contributed by atoms with Crippen LogP contribution in [0.15, 0.2) is 42.5 Å². The quantitative estimate of drug-likeness (QED) is 0.768. The van der Waals surface area contributed by atoms with Gasteiger partial charge in [-0.05, 0) is 30.3 Å². The number of nitrogens with one attached hydrogen (secondary N) is 2. The number of carbonyl (C=O) groups is 3. The summed E-state index contributed by atoms with van der Waals surface area (Å²) < 4.78 is 16.1. The Balaban J connectivity index is 1.55. The van der Waals surface area contributed by atoms with E-state index in [1.165, 1.54) is 19.1 Å². The molecule has 8 heteroatoms. The van der Waals surface area contributed by atoms with Crippen molar-refractivity contribution in [2.45, 2.75) is 13.3 Å². The lowest BCUT2D eigenvalue weighted by atomic mass is 10.2. The highest BCUT2D eigenvalue weighted by atomic mass is 16.5. The number of carbonyl (C=O) groups excluding carboxylic acids is 3. The van der Waals surface area contributed by atoms with Crippen LogP contribution in [-0.2, 0) is 14.3 Å². The second kappa shape index (κ2) is 8.90. The molecule has 3 rings (SSSR count). The molecule has 146 valence electrons. The lowest BCUT2D eigenvalue weighted by Crippen LogP contribution is -2.21. The first-order valence-electron chi connectivity index (χ1n) is 8.75. The van der Waals surface area contributed by atoms with Crippen LogP contribution in [0.25, 0.3) is 0 Å². The van der Waals surface area contributed by atoms with Crippen molar-refractivity contribution in [2.75, 3.05) is 30.5 Å². The standard InChI is InChI=1S/C20H20N2O6/c1-13(23)21-15-5-2-4-14(10-15)20(25)28-12-19(24)22-16-6-7-17-18(11-16)27-9-3-8-26-17/h2,4-7,10-11H,3,8-9,12H2,1H3,(H,21,23)(H,22,24). The second-order valence-electron chi connectivity index (χ2n) is 6.10. The van der Waals surface area contributed by atoms with E-state index in [4.69, 9.17) is 14.2 Å². The minimum Gasteiger partial charge on any atom is -0.490 e. The first-order valence-corrected chi connectivity index (χ1v) is 8.75. The molecule has 0 aliphatic carbocycles. The van der Waals surface area contributed by atoms with Gasteiger partial charge in [-0.25, -0.2) is 4.79 Å². The Morgan fingerprint density at radius 2 is 1.71 bits per heavy atom. The molecule has 0 radical (unpaired) electrons. The number of fused-ring (bicyclic) bond motifs is 1. The molecule has 28 heavy (non-hydrogen) atoms. The van der Waals surface area contributed by atoms with Crippen LogP contribution < -0.4 is 20.1 Å². The molecule has 2 aromatic rings. The number of esters is 1. The van der Waals surface area contributed by atoms with Gasteiger partial charge in [-0.15, -0.1) is 0 Å². The number of hydrogen-bond donors (Lipinski definition) is 2. The molecule has 2 amide bonds. The van der Waals surface area contributed by atoms with Crippen LogP contribution in [0.3, 0.4) is 0 Å². The third-order valence-corrected chi connectivity index (χ3v) is 3.78. The maximum atomic E-state index is 12.1. The number of amides is 2. The van der Waals surface area contributed by atoms with Crippen molar-refractivity contribution in [3.63, 3.8) is 0 Å². The second-order valence-corrected chi connectivity index (χ2v) is 6.10. The highest BCUT2D eigenvalue weighted by molar-refractivity contribution is 5.97. The maximum absolute atomic E-state index is 12.1. The average Bonchev–Trinajstić information content (AvgIpc) is 2.91. The van der Waals surface area contributed by atoms with E-state index in [0.29, 0.717) is 36.1 Å². The molecule has 0 saturated carbocycles. The van der Waals surface area contributed by atoms with Gasteiger partial charge in [-0.2, -0.15) is 0 Å². The van der Waals surface area contributed by atoms with Gasteiger partial charge in [0.15, 0.2) is 18.1 Å². The van der Waals surface area contributed by atoms with Crippen LogP contribution in [0.4, 0.5) is 11.4 Å². The monoisotopic (exact) mass is 384 g/mol. The molecule has 0 unspecified atom stereocenters. The van der Waals surface area contributed by atoms with Crippen LogP contribution in [0.1, 0.15) is 23.7 Å². The summed E-state index contributed by atoms with van der Waals surface area (Å²) in [6, 6.07) is 11.3. The van der Waals surface area contributed by atoms with Crippen LogP contribution in [0.2, 0.25) is 0 Å². The molecular weight excluding hydrogens is 364 g/mol. The molecule has 1 aliphatic rings. The third-order valence-electron chi connectivity index (χ3n) is 3.78. The Morgan fingerprint density at radius 3 is 2.50 bits per heavy atom. The molecule has 0 fully saturated rings. The molecule has 2 aromatic carbocycles. The third kappa shape index (κ3) is 5.23. The van der Waals surface area contributed by atoms with Crippen molar-refractivity contribution in [1.29, 1.82) is 0 Å². The first kappa shape index (κ1) is 19.2. The van der Waals surface area contributed by atoms with E-state index < -0.39 is 18.5 Å². The highest BCUT2D eigenvalue weighted by Gasteiger charge is 2.14. The Labute approximate surface area is 161 Å². The summed E-state index contributed by atoms with van der Waals surface area (Å²) in [4.78, 5) is 35.3. The molecule has 0 atom stereocenters. The first-order chi connectivity index (χ1) is 13.5. The summed E-state index contributed by atoms with van der Waals surface area (Å²) in [6.45, 7) is 2.05. The van der Waals surface area contributed by atoms with E-state index in [2.05, 4.69) is 10.6 Å². The van der Waals surface area contributed by atoms with Gasteiger partial charge in [0.25, 0.3) is 5.91 Å². The molecule has 0 bridgehead atoms. The maximum Gasteiger partial charge on any atom is 0.338 e. The topological polar surface area (TPSA) is 103 Å². The van der Waals surface area contributed by atoms with E-state index >= 15 is 0 Å². The van der Waals surface area contributed by atoms with Crippen LogP contribution in [0.5, 0.6) is 11.5 Å². The fourth-order valence-electron chi connectivity index (χ4n) is 2.58. The lowest BCUT2D eigenvalue weighted by molar-refractivity contribution is -0.119. The van der Waals surface area contributed by atoms with Gasteiger partial charge in [0.2, 0.25) is 5.91 Å². The predicted molar refractivity (Wildman–Crippen MR) is 102 cm³/mol. The molecule has 0 spiro atoms. The van der Waals surface area contributed by atoms with Crippen molar-refractivity contribution < 1.29 is 28.6 Å². The zero-order valence-electron chi connectivity index (χ0n) is 15.3. The largest absolute Gasteiger partial charge is 0.490 e. The summed E-state index contributed by atoms with van der Waals surface area (Å²) in [5.74, 6) is -0.218. The van der Waals surface area contributed by atoms with Crippen molar-refractivity contribution >= 4 is 29.2 Å². The van der Waals surface area contributed by atoms with E-state index in [1.54, 1.807) is 30.3 Å². The van der Waals surface area contributed by atoms with Gasteiger partial charge in [0, 0.05) is 30.8 Å². The van der Waals surface area contributed by atoms with Gasteiger partial charge < -0.3 is 24.8 Å². The Morgan fingerprint density at radius 1 is 0.964 bits per heavy atom. The number of rotatable bonds is 5. The SMILES string of the molecule is CC(=O)Nc1cccc(C(=O)OCC(=O)Nc2ccc3c(c2)OCCCO3)c1. The summed E-state index contributed by atoms with van der Waals surface area (Å²) in [5.41, 5.74) is 1.21. The van der Waals surface area contributed by atoms with Gasteiger partial charge in [-0.1, -0.05) is 6.07 Å². The van der Waals surface area contributed by atoms with E-state index in [9.17, 15) is 14.4 Å². The highest BCUT2D eigenvalue weighted by Crippen LogP contribution is 2.32. The molecule has 2 N–H and O–H groups in total. The summed E-state index contributed by atoms with van der Waals surface area (Å²) in [7, 11) is 0. The van der Waals surface area contributed by atoms with Crippen molar-refractivity contribution in [3.05, 3.63) is 48.0 Å². The number of benzene rings is 2.